The molecular weight excluding hydrogens is 494 g/mol. The Morgan fingerprint density at radius 2 is 1.90 bits per heavy atom. The third kappa shape index (κ3) is 4.75. The van der Waals surface area contributed by atoms with Gasteiger partial charge in [-0.1, -0.05) is 31.2 Å². The number of ether oxygens (including phenoxy) is 3. The number of amides is 2. The van der Waals surface area contributed by atoms with Gasteiger partial charge in [-0.15, -0.1) is 0 Å². The number of H-pyrrole nitrogens is 1. The molecule has 1 N–H and O–H groups in total. The number of nitrogens with one attached hydrogen (secondary N) is 1. The largest absolute Gasteiger partial charge is 0.493 e. The summed E-state index contributed by atoms with van der Waals surface area (Å²) in [4.78, 5) is 34.8. The van der Waals surface area contributed by atoms with Gasteiger partial charge in [-0.3, -0.25) is 9.59 Å². The van der Waals surface area contributed by atoms with Crippen molar-refractivity contribution in [2.75, 3.05) is 40.0 Å². The fraction of sp³-hybridized carbons (Fsp3) is 0.484. The first kappa shape index (κ1) is 27.1. The van der Waals surface area contributed by atoms with Gasteiger partial charge in [-0.2, -0.15) is 0 Å². The van der Waals surface area contributed by atoms with E-state index in [4.69, 9.17) is 14.2 Å². The van der Waals surface area contributed by atoms with Crippen molar-refractivity contribution in [3.8, 4) is 11.5 Å². The van der Waals surface area contributed by atoms with E-state index < -0.39 is 5.54 Å². The summed E-state index contributed by atoms with van der Waals surface area (Å²) < 4.78 is 17.3. The van der Waals surface area contributed by atoms with Crippen LogP contribution in [-0.2, 0) is 19.9 Å². The summed E-state index contributed by atoms with van der Waals surface area (Å²) in [5, 5.41) is 1.06. The molecule has 8 nitrogen and oxygen atoms in total. The minimum atomic E-state index is -1.12. The molecule has 0 bridgehead atoms. The Labute approximate surface area is 230 Å². The van der Waals surface area contributed by atoms with Gasteiger partial charge >= 0.3 is 0 Å². The molecule has 0 radical (unpaired) electrons. The molecule has 3 aromatic rings. The SMILES string of the molecule is CCCOc1ccc([C@H]2CN3C(=O)CN(CCCOC(C)C)C(=O)[C@]3(C)c3[nH]c4ccccc4c32)cc1OC. The quantitative estimate of drug-likeness (QED) is 0.378. The number of aromatic amines is 1. The van der Waals surface area contributed by atoms with Crippen LogP contribution in [0.15, 0.2) is 42.5 Å². The number of carbonyl (C=O) groups is 2. The molecule has 0 unspecified atom stereocenters. The Hall–Kier alpha value is -3.52. The zero-order valence-corrected chi connectivity index (χ0v) is 23.6. The molecule has 0 saturated carbocycles. The van der Waals surface area contributed by atoms with Crippen LogP contribution in [0.3, 0.4) is 0 Å². The van der Waals surface area contributed by atoms with Crippen molar-refractivity contribution in [3.63, 3.8) is 0 Å². The summed E-state index contributed by atoms with van der Waals surface area (Å²) in [5.41, 5.74) is 2.68. The Morgan fingerprint density at radius 3 is 2.64 bits per heavy atom. The second-order valence-corrected chi connectivity index (χ2v) is 10.8. The maximum Gasteiger partial charge on any atom is 0.254 e. The number of fused-ring (bicyclic) bond motifs is 5. The molecule has 39 heavy (non-hydrogen) atoms. The molecule has 0 spiro atoms. The molecule has 2 amide bonds. The standard InChI is InChI=1S/C31H39N3O5/c1-6-15-39-25-13-12-21(17-26(25)37-5)23-18-34-27(35)19-33(14-9-16-38-20(2)3)30(36)31(34,4)29-28(23)22-10-7-8-11-24(22)32-29/h7-8,10-13,17,20,23,32H,6,9,14-16,18-19H2,1-5H3/t23-,31+/m1/s1. The van der Waals surface area contributed by atoms with Crippen LogP contribution >= 0.6 is 0 Å². The van der Waals surface area contributed by atoms with Gasteiger partial charge in [0.1, 0.15) is 0 Å². The zero-order chi connectivity index (χ0) is 27.7. The summed E-state index contributed by atoms with van der Waals surface area (Å²) in [6, 6.07) is 14.1. The van der Waals surface area contributed by atoms with Gasteiger partial charge < -0.3 is 29.0 Å². The van der Waals surface area contributed by atoms with E-state index in [0.29, 0.717) is 44.2 Å². The molecule has 8 heteroatoms. The number of aromatic nitrogens is 1. The first-order valence-electron chi connectivity index (χ1n) is 13.9. The first-order chi connectivity index (χ1) is 18.8. The highest BCUT2D eigenvalue weighted by Gasteiger charge is 2.56. The number of carbonyl (C=O) groups excluding carboxylic acids is 2. The Balaban J connectivity index is 1.57. The number of para-hydroxylation sites is 1. The third-order valence-corrected chi connectivity index (χ3v) is 7.89. The van der Waals surface area contributed by atoms with E-state index in [1.807, 2.05) is 57.2 Å². The monoisotopic (exact) mass is 533 g/mol. The van der Waals surface area contributed by atoms with Crippen molar-refractivity contribution in [3.05, 3.63) is 59.3 Å². The molecule has 2 aliphatic rings. The van der Waals surface area contributed by atoms with E-state index in [9.17, 15) is 9.59 Å². The lowest BCUT2D eigenvalue weighted by molar-refractivity contribution is -0.166. The number of rotatable bonds is 10. The predicted molar refractivity (Wildman–Crippen MR) is 150 cm³/mol. The van der Waals surface area contributed by atoms with Crippen LogP contribution < -0.4 is 9.47 Å². The lowest BCUT2D eigenvalue weighted by Crippen LogP contribution is -2.67. The number of benzene rings is 2. The van der Waals surface area contributed by atoms with Crippen molar-refractivity contribution >= 4 is 22.7 Å². The molecule has 0 aliphatic carbocycles. The molecule has 5 rings (SSSR count). The lowest BCUT2D eigenvalue weighted by atomic mass is 9.76. The molecule has 1 aromatic heterocycles. The molecule has 2 aliphatic heterocycles. The summed E-state index contributed by atoms with van der Waals surface area (Å²) in [6.45, 7) is 10.0. The predicted octanol–water partition coefficient (Wildman–Crippen LogP) is 4.81. The second kappa shape index (κ2) is 10.9. The Morgan fingerprint density at radius 1 is 1.10 bits per heavy atom. The van der Waals surface area contributed by atoms with Crippen molar-refractivity contribution in [2.24, 2.45) is 0 Å². The number of hydrogen-bond donors (Lipinski definition) is 1. The van der Waals surface area contributed by atoms with Crippen LogP contribution in [0.25, 0.3) is 10.9 Å². The highest BCUT2D eigenvalue weighted by molar-refractivity contribution is 6.01. The van der Waals surface area contributed by atoms with Crippen molar-refractivity contribution in [1.29, 1.82) is 0 Å². The van der Waals surface area contributed by atoms with Crippen molar-refractivity contribution < 1.29 is 23.8 Å². The van der Waals surface area contributed by atoms with E-state index in [1.54, 1.807) is 16.9 Å². The summed E-state index contributed by atoms with van der Waals surface area (Å²) in [7, 11) is 1.64. The maximum atomic E-state index is 14.1. The number of methoxy groups -OCH3 is 1. The zero-order valence-electron chi connectivity index (χ0n) is 23.6. The lowest BCUT2D eigenvalue weighted by Gasteiger charge is -2.51. The summed E-state index contributed by atoms with van der Waals surface area (Å²) in [6.07, 6.45) is 1.71. The molecule has 208 valence electrons. The van der Waals surface area contributed by atoms with Crippen LogP contribution in [0.5, 0.6) is 11.5 Å². The van der Waals surface area contributed by atoms with Gasteiger partial charge in [0.15, 0.2) is 17.0 Å². The third-order valence-electron chi connectivity index (χ3n) is 7.89. The van der Waals surface area contributed by atoms with E-state index >= 15 is 0 Å². The van der Waals surface area contributed by atoms with E-state index in [1.165, 1.54) is 0 Å². The topological polar surface area (TPSA) is 84.1 Å². The normalized spacial score (nSPS) is 20.9. The summed E-state index contributed by atoms with van der Waals surface area (Å²) >= 11 is 0. The Kier molecular flexibility index (Phi) is 7.58. The van der Waals surface area contributed by atoms with E-state index in [0.717, 1.165) is 34.1 Å². The smallest absolute Gasteiger partial charge is 0.254 e. The molecule has 1 fully saturated rings. The highest BCUT2D eigenvalue weighted by atomic mass is 16.5. The maximum absolute atomic E-state index is 14.1. The number of hydrogen-bond acceptors (Lipinski definition) is 5. The fourth-order valence-electron chi connectivity index (χ4n) is 5.96. The van der Waals surface area contributed by atoms with Gasteiger partial charge in [0.25, 0.3) is 5.91 Å². The van der Waals surface area contributed by atoms with Crippen LogP contribution in [0.2, 0.25) is 0 Å². The van der Waals surface area contributed by atoms with Gasteiger partial charge in [-0.25, -0.2) is 0 Å². The highest BCUT2D eigenvalue weighted by Crippen LogP contribution is 2.49. The van der Waals surface area contributed by atoms with Gasteiger partial charge in [0.2, 0.25) is 5.91 Å². The molecule has 2 aromatic carbocycles. The average molecular weight is 534 g/mol. The van der Waals surface area contributed by atoms with Crippen molar-refractivity contribution in [1.82, 2.24) is 14.8 Å². The Bertz CT molecular complexity index is 1370. The van der Waals surface area contributed by atoms with E-state index in [2.05, 4.69) is 18.0 Å². The number of nitrogens with zero attached hydrogens (tertiary/aromatic N) is 2. The first-order valence-corrected chi connectivity index (χ1v) is 13.9. The molecule has 1 saturated heterocycles. The van der Waals surface area contributed by atoms with Crippen molar-refractivity contribution in [2.45, 2.75) is 58.1 Å². The van der Waals surface area contributed by atoms with Crippen LogP contribution in [-0.4, -0.2) is 72.7 Å². The minimum absolute atomic E-state index is 0.0500. The van der Waals surface area contributed by atoms with Gasteiger partial charge in [-0.05, 0) is 62.9 Å². The van der Waals surface area contributed by atoms with Crippen LogP contribution in [0.4, 0.5) is 0 Å². The van der Waals surface area contributed by atoms with Crippen LogP contribution in [0.1, 0.15) is 63.3 Å². The molecule has 2 atom stereocenters. The number of piperazine rings is 1. The molecule has 3 heterocycles. The fourth-order valence-corrected chi connectivity index (χ4v) is 5.96. The van der Waals surface area contributed by atoms with Gasteiger partial charge in [0.05, 0.1) is 32.1 Å². The second-order valence-electron chi connectivity index (χ2n) is 10.8. The van der Waals surface area contributed by atoms with E-state index in [-0.39, 0.29) is 30.4 Å². The van der Waals surface area contributed by atoms with Crippen LogP contribution in [0, 0.1) is 0 Å². The van der Waals surface area contributed by atoms with Gasteiger partial charge in [0, 0.05) is 36.5 Å². The molecular formula is C31H39N3O5. The summed E-state index contributed by atoms with van der Waals surface area (Å²) in [5.74, 6) is 1.11. The average Bonchev–Trinajstić information content (AvgIpc) is 3.33. The minimum Gasteiger partial charge on any atom is -0.493 e.